The van der Waals surface area contributed by atoms with E-state index in [2.05, 4.69) is 0 Å². The van der Waals surface area contributed by atoms with E-state index in [-0.39, 0.29) is 0 Å². The number of alkyl halides is 6. The van der Waals surface area contributed by atoms with Gasteiger partial charge < -0.3 is 5.32 Å². The van der Waals surface area contributed by atoms with Gasteiger partial charge in [0.1, 0.15) is 0 Å². The van der Waals surface area contributed by atoms with Gasteiger partial charge in [-0.05, 0) is 0 Å². The Kier molecular flexibility index (Phi) is 1.01. The molecule has 1 rings (SSSR count). The molecule has 0 unspecified atom stereocenters. The van der Waals surface area contributed by atoms with E-state index in [1.165, 1.54) is 0 Å². The summed E-state index contributed by atoms with van der Waals surface area (Å²) in [6.07, 6.45) is 0. The molecule has 1 nitrogen and oxygen atoms in total. The second-order valence-corrected chi connectivity index (χ2v) is 2.10. The zero-order chi connectivity index (χ0) is 13.2. The monoisotopic (exact) mass is 197 g/mol. The average Bonchev–Trinajstić information content (AvgIpc) is 1.98. The van der Waals surface area contributed by atoms with Crippen LogP contribution in [0.4, 0.5) is 26.3 Å². The van der Waals surface area contributed by atoms with Crippen LogP contribution in [-0.4, -0.2) is 30.8 Å². The molecular weight excluding hydrogens is 188 g/mol. The molecule has 0 saturated carbocycles. The average molecular weight is 197 g/mol. The van der Waals surface area contributed by atoms with E-state index in [0.717, 1.165) is 0 Å². The maximum absolute atomic E-state index is 12.8. The molecule has 1 N–H and O–H groups in total. The third-order valence-corrected chi connectivity index (χ3v) is 1.23. The lowest BCUT2D eigenvalue weighted by molar-refractivity contribution is -0.319. The van der Waals surface area contributed by atoms with E-state index in [1.807, 2.05) is 0 Å². The number of nitrogens with one attached hydrogen (secondary N) is 1. The SMILES string of the molecule is [2H]C1([2H])NC([2H])([2H])C(F)(F)C(F)(F)C1(F)F. The fraction of sp³-hybridized carbons (Fsp3) is 1.00. The minimum Gasteiger partial charge on any atom is -0.305 e. The van der Waals surface area contributed by atoms with Gasteiger partial charge in [0.05, 0.1) is 13.0 Å². The van der Waals surface area contributed by atoms with Crippen molar-refractivity contribution in [3.05, 3.63) is 0 Å². The molecule has 0 aromatic heterocycles. The normalized spacial score (nSPS) is 44.8. The van der Waals surface area contributed by atoms with Crippen molar-refractivity contribution in [1.29, 1.82) is 0 Å². The van der Waals surface area contributed by atoms with Crippen LogP contribution in [-0.2, 0) is 0 Å². The molecule has 0 bridgehead atoms. The fourth-order valence-electron chi connectivity index (χ4n) is 0.542. The Hall–Kier alpha value is -0.460. The van der Waals surface area contributed by atoms with E-state index in [9.17, 15) is 26.3 Å². The molecule has 0 aliphatic carbocycles. The topological polar surface area (TPSA) is 12.0 Å². The number of hydrogen-bond donors (Lipinski definition) is 1. The fourth-order valence-corrected chi connectivity index (χ4v) is 0.542. The van der Waals surface area contributed by atoms with Crippen LogP contribution in [0, 0.1) is 0 Å². The van der Waals surface area contributed by atoms with Gasteiger partial charge in [-0.3, -0.25) is 0 Å². The van der Waals surface area contributed by atoms with Gasteiger partial charge in [-0.2, -0.15) is 26.3 Å². The highest BCUT2D eigenvalue weighted by Gasteiger charge is 2.73. The first-order valence-electron chi connectivity index (χ1n) is 4.63. The van der Waals surface area contributed by atoms with E-state index >= 15 is 0 Å². The third-order valence-electron chi connectivity index (χ3n) is 1.23. The summed E-state index contributed by atoms with van der Waals surface area (Å²) in [7, 11) is 0. The van der Waals surface area contributed by atoms with Crippen molar-refractivity contribution in [3.63, 3.8) is 0 Å². The minimum absolute atomic E-state index is 0.555. The zero-order valence-electron chi connectivity index (χ0n) is 9.27. The molecule has 0 radical (unpaired) electrons. The van der Waals surface area contributed by atoms with Gasteiger partial charge in [0.25, 0.3) is 0 Å². The lowest BCUT2D eigenvalue weighted by Crippen LogP contribution is -2.66. The predicted molar refractivity (Wildman–Crippen MR) is 27.7 cm³/mol. The molecule has 1 aliphatic rings. The first kappa shape index (κ1) is 5.31. The zero-order valence-corrected chi connectivity index (χ0v) is 5.27. The van der Waals surface area contributed by atoms with Gasteiger partial charge in [0, 0.05) is 5.48 Å². The van der Waals surface area contributed by atoms with Gasteiger partial charge >= 0.3 is 17.8 Å². The Labute approximate surface area is 69.4 Å². The molecule has 1 fully saturated rings. The van der Waals surface area contributed by atoms with Crippen molar-refractivity contribution in [2.45, 2.75) is 17.8 Å². The van der Waals surface area contributed by atoms with Crippen molar-refractivity contribution in [2.24, 2.45) is 0 Å². The summed E-state index contributed by atoms with van der Waals surface area (Å²) in [6, 6.07) is 0. The Bertz CT molecular complexity index is 288. The highest BCUT2D eigenvalue weighted by Crippen LogP contribution is 2.46. The van der Waals surface area contributed by atoms with Crippen LogP contribution < -0.4 is 5.32 Å². The van der Waals surface area contributed by atoms with E-state index in [4.69, 9.17) is 5.48 Å². The molecule has 0 amide bonds. The van der Waals surface area contributed by atoms with Crippen LogP contribution in [0.1, 0.15) is 5.48 Å². The van der Waals surface area contributed by atoms with Crippen molar-refractivity contribution in [2.75, 3.05) is 13.0 Å². The number of rotatable bonds is 0. The summed E-state index contributed by atoms with van der Waals surface area (Å²) in [5.74, 6) is -17.6. The summed E-state index contributed by atoms with van der Waals surface area (Å²) in [5, 5.41) is 0.555. The third kappa shape index (κ3) is 1.07. The summed E-state index contributed by atoms with van der Waals surface area (Å²) in [4.78, 5) is 0. The summed E-state index contributed by atoms with van der Waals surface area (Å²) in [6.45, 7) is -8.58. The van der Waals surface area contributed by atoms with Crippen LogP contribution in [0.25, 0.3) is 0 Å². The molecule has 1 aliphatic heterocycles. The predicted octanol–water partition coefficient (Wildman–Crippen LogP) is 1.50. The van der Waals surface area contributed by atoms with E-state index < -0.39 is 30.8 Å². The molecule has 1 saturated heterocycles. The second-order valence-electron chi connectivity index (χ2n) is 2.10. The molecule has 7 heteroatoms. The number of halogens is 6. The molecule has 0 aromatic carbocycles. The molecule has 12 heavy (non-hydrogen) atoms. The van der Waals surface area contributed by atoms with Gasteiger partial charge in [-0.25, -0.2) is 0 Å². The Morgan fingerprint density at radius 2 is 1.25 bits per heavy atom. The minimum atomic E-state index is -6.14. The van der Waals surface area contributed by atoms with Crippen molar-refractivity contribution in [1.82, 2.24) is 5.32 Å². The Morgan fingerprint density at radius 3 is 1.58 bits per heavy atom. The lowest BCUT2D eigenvalue weighted by Gasteiger charge is -2.37. The molecular formula is C5H5F6N. The van der Waals surface area contributed by atoms with Crippen molar-refractivity contribution < 1.29 is 31.8 Å². The maximum atomic E-state index is 12.8. The highest BCUT2D eigenvalue weighted by atomic mass is 19.3. The van der Waals surface area contributed by atoms with Gasteiger partial charge in [-0.1, -0.05) is 0 Å². The number of hydrogen-bond acceptors (Lipinski definition) is 1. The standard InChI is InChI=1S/C5H5F6N/c6-3(7)1-12-2-4(8,9)5(3,10)11/h12H,1-2H2/i1D2,2D2. The summed E-state index contributed by atoms with van der Waals surface area (Å²) < 4.78 is 102. The summed E-state index contributed by atoms with van der Waals surface area (Å²) >= 11 is 0. The van der Waals surface area contributed by atoms with E-state index in [0.29, 0.717) is 5.32 Å². The Balaban J connectivity index is 3.43. The van der Waals surface area contributed by atoms with Gasteiger partial charge in [-0.15, -0.1) is 0 Å². The van der Waals surface area contributed by atoms with Crippen LogP contribution in [0.15, 0.2) is 0 Å². The lowest BCUT2D eigenvalue weighted by atomic mass is 10.0. The molecule has 0 spiro atoms. The maximum Gasteiger partial charge on any atom is 0.374 e. The second kappa shape index (κ2) is 2.27. The molecule has 72 valence electrons. The first-order valence-corrected chi connectivity index (χ1v) is 2.63. The van der Waals surface area contributed by atoms with E-state index in [1.54, 1.807) is 0 Å². The largest absolute Gasteiger partial charge is 0.374 e. The van der Waals surface area contributed by atoms with Crippen LogP contribution in [0.2, 0.25) is 0 Å². The van der Waals surface area contributed by atoms with Crippen LogP contribution in [0.3, 0.4) is 0 Å². The first-order chi connectivity index (χ1) is 6.71. The molecule has 0 aromatic rings. The van der Waals surface area contributed by atoms with Gasteiger partial charge in [0.15, 0.2) is 0 Å². The summed E-state index contributed by atoms with van der Waals surface area (Å²) in [5.41, 5.74) is 0. The quantitative estimate of drug-likeness (QED) is 0.580. The van der Waals surface area contributed by atoms with Gasteiger partial charge in [0.2, 0.25) is 0 Å². The Morgan fingerprint density at radius 1 is 0.917 bits per heavy atom. The van der Waals surface area contributed by atoms with Crippen molar-refractivity contribution in [3.8, 4) is 0 Å². The van der Waals surface area contributed by atoms with Crippen molar-refractivity contribution >= 4 is 0 Å². The van der Waals surface area contributed by atoms with Crippen LogP contribution >= 0.6 is 0 Å². The molecule has 0 atom stereocenters. The number of piperidine rings is 1. The van der Waals surface area contributed by atoms with Crippen LogP contribution in [0.5, 0.6) is 0 Å². The smallest absolute Gasteiger partial charge is 0.305 e. The molecule has 1 heterocycles. The highest BCUT2D eigenvalue weighted by molar-refractivity contribution is 5.02.